The Bertz CT molecular complexity index is 2610. The Hall–Kier alpha value is -5.59. The number of imidazole rings is 1. The van der Waals surface area contributed by atoms with Gasteiger partial charge in [0, 0.05) is 49.5 Å². The maximum Gasteiger partial charge on any atom is 0.329 e. The van der Waals surface area contributed by atoms with Crippen molar-refractivity contribution in [3.8, 4) is 11.5 Å². The molecule has 12 nitrogen and oxygen atoms in total. The van der Waals surface area contributed by atoms with E-state index in [0.29, 0.717) is 40.8 Å². The molecule has 1 N–H and O–H groups in total. The standard InChI is InChI=1S/C51H59ClN6O6/c1-31(2)64-46-29-41-36(27-45(46)63-5)28-48(60)57(49(41)34-8-11-37(52)12-9-34)40-17-15-38(16-18-40)54(3)30-32-6-13-39(14-7-32)56-24-22-33(23-25-56)35-10-19-42-44(26-35)55(4)51(62)58(42)43-20-21-47(59)53-50(43)61/h8-12,15-19,26-27,29,31-33,39,43,49H,6-7,13-14,20-25,28,30H2,1-5H3,(H,53,59,61)/t32?,39?,43?,49-/m0/s1. The van der Waals surface area contributed by atoms with Crippen LogP contribution in [-0.4, -0.2) is 77.7 Å². The van der Waals surface area contributed by atoms with E-state index in [1.54, 1.807) is 23.3 Å². The van der Waals surface area contributed by atoms with Crippen LogP contribution in [0.25, 0.3) is 11.0 Å². The molecule has 2 atom stereocenters. The molecule has 2 saturated heterocycles. The number of nitrogens with one attached hydrogen (secondary N) is 1. The molecular weight excluding hydrogens is 828 g/mol. The number of ether oxygens (including phenoxy) is 2. The summed E-state index contributed by atoms with van der Waals surface area (Å²) in [4.78, 5) is 58.8. The molecule has 3 amide bonds. The molecule has 64 heavy (non-hydrogen) atoms. The van der Waals surface area contributed by atoms with E-state index < -0.39 is 11.9 Å². The molecule has 0 radical (unpaired) electrons. The molecule has 1 unspecified atom stereocenters. The van der Waals surface area contributed by atoms with Crippen molar-refractivity contribution >= 4 is 51.7 Å². The number of hydrogen-bond acceptors (Lipinski definition) is 8. The molecule has 5 aromatic rings. The molecule has 4 aromatic carbocycles. The second-order valence-electron chi connectivity index (χ2n) is 18.6. The summed E-state index contributed by atoms with van der Waals surface area (Å²) in [6.45, 7) is 7.09. The second kappa shape index (κ2) is 18.1. The van der Waals surface area contributed by atoms with Crippen LogP contribution in [0.1, 0.15) is 105 Å². The fourth-order valence-electron chi connectivity index (χ4n) is 10.8. The summed E-state index contributed by atoms with van der Waals surface area (Å²) in [5.41, 5.74) is 7.44. The van der Waals surface area contributed by atoms with Crippen molar-refractivity contribution in [1.29, 1.82) is 0 Å². The lowest BCUT2D eigenvalue weighted by Gasteiger charge is -2.41. The predicted octanol–water partition coefficient (Wildman–Crippen LogP) is 8.32. The third kappa shape index (κ3) is 8.54. The molecule has 1 aliphatic carbocycles. The SMILES string of the molecule is COc1cc2c(cc1OC(C)C)[C@H](c1ccc(Cl)cc1)N(c1ccc(N(C)CC3CCC(N4CCC(c5ccc6c(c5)n(C)c(=O)n6C5CCC(=O)NC5=O)CC4)CC3)cc1)C(=O)C2. The minimum Gasteiger partial charge on any atom is -0.493 e. The quantitative estimate of drug-likeness (QED) is 0.132. The number of piperidine rings is 2. The van der Waals surface area contributed by atoms with Crippen LogP contribution >= 0.6 is 11.6 Å². The minimum absolute atomic E-state index is 0.0166. The van der Waals surface area contributed by atoms with E-state index in [-0.39, 0.29) is 42.5 Å². The van der Waals surface area contributed by atoms with E-state index in [9.17, 15) is 19.2 Å². The monoisotopic (exact) mass is 886 g/mol. The Balaban J connectivity index is 0.814. The van der Waals surface area contributed by atoms with Gasteiger partial charge in [0.05, 0.1) is 36.7 Å². The van der Waals surface area contributed by atoms with Gasteiger partial charge in [-0.05, 0) is 167 Å². The number of nitrogens with zero attached hydrogens (tertiary/aromatic N) is 5. The summed E-state index contributed by atoms with van der Waals surface area (Å²) >= 11 is 6.34. The van der Waals surface area contributed by atoms with Gasteiger partial charge in [0.25, 0.3) is 0 Å². The fourth-order valence-corrected chi connectivity index (χ4v) is 11.0. The van der Waals surface area contributed by atoms with Crippen molar-refractivity contribution in [2.75, 3.05) is 43.6 Å². The van der Waals surface area contributed by atoms with Crippen molar-refractivity contribution in [2.24, 2.45) is 13.0 Å². The van der Waals surface area contributed by atoms with Gasteiger partial charge in [-0.2, -0.15) is 0 Å². The first-order valence-corrected chi connectivity index (χ1v) is 23.3. The lowest BCUT2D eigenvalue weighted by Crippen LogP contribution is -2.44. The number of likely N-dealkylation sites (tertiary alicyclic amines) is 1. The number of anilines is 2. The topological polar surface area (TPSA) is 118 Å². The zero-order valence-corrected chi connectivity index (χ0v) is 38.3. The summed E-state index contributed by atoms with van der Waals surface area (Å²) in [5.74, 6) is 1.62. The van der Waals surface area contributed by atoms with Crippen LogP contribution in [-0.2, 0) is 27.9 Å². The van der Waals surface area contributed by atoms with Gasteiger partial charge < -0.3 is 24.2 Å². The van der Waals surface area contributed by atoms with E-state index in [4.69, 9.17) is 21.1 Å². The Kier molecular flexibility index (Phi) is 12.4. The Morgan fingerprint density at radius 1 is 0.812 bits per heavy atom. The molecule has 1 aromatic heterocycles. The lowest BCUT2D eigenvalue weighted by molar-refractivity contribution is -0.135. The first kappa shape index (κ1) is 43.7. The van der Waals surface area contributed by atoms with Gasteiger partial charge in [0.1, 0.15) is 6.04 Å². The molecular formula is C51H59ClN6O6. The van der Waals surface area contributed by atoms with E-state index in [1.807, 2.05) is 61.2 Å². The number of halogens is 1. The summed E-state index contributed by atoms with van der Waals surface area (Å²) < 4.78 is 15.1. The number of aryl methyl sites for hydroxylation is 1. The minimum atomic E-state index is -0.677. The largest absolute Gasteiger partial charge is 0.493 e. The third-order valence-corrected chi connectivity index (χ3v) is 14.5. The Labute approximate surface area is 380 Å². The zero-order chi connectivity index (χ0) is 44.8. The van der Waals surface area contributed by atoms with Crippen molar-refractivity contribution < 1.29 is 23.9 Å². The van der Waals surface area contributed by atoms with Gasteiger partial charge in [-0.1, -0.05) is 29.8 Å². The molecule has 0 bridgehead atoms. The first-order valence-electron chi connectivity index (χ1n) is 22.9. The number of hydrogen-bond donors (Lipinski definition) is 1. The van der Waals surface area contributed by atoms with Crippen LogP contribution in [0.3, 0.4) is 0 Å². The van der Waals surface area contributed by atoms with Crippen LogP contribution in [0.4, 0.5) is 11.4 Å². The number of fused-ring (bicyclic) bond motifs is 2. The Morgan fingerprint density at radius 3 is 2.19 bits per heavy atom. The normalized spacial score (nSPS) is 22.2. The van der Waals surface area contributed by atoms with Crippen molar-refractivity contribution in [3.05, 3.63) is 117 Å². The highest BCUT2D eigenvalue weighted by Crippen LogP contribution is 2.44. The summed E-state index contributed by atoms with van der Waals surface area (Å²) in [5, 5.41) is 3.04. The van der Waals surface area contributed by atoms with Crippen LogP contribution in [0.15, 0.2) is 83.7 Å². The van der Waals surface area contributed by atoms with Crippen molar-refractivity contribution in [3.63, 3.8) is 0 Å². The van der Waals surface area contributed by atoms with Gasteiger partial charge in [0.15, 0.2) is 11.5 Å². The highest BCUT2D eigenvalue weighted by molar-refractivity contribution is 6.30. The smallest absolute Gasteiger partial charge is 0.329 e. The van der Waals surface area contributed by atoms with Gasteiger partial charge in [0.2, 0.25) is 17.7 Å². The lowest BCUT2D eigenvalue weighted by atomic mass is 9.83. The van der Waals surface area contributed by atoms with E-state index in [2.05, 4.69) is 58.6 Å². The number of imide groups is 1. The van der Waals surface area contributed by atoms with Gasteiger partial charge in [-0.25, -0.2) is 4.79 Å². The summed E-state index contributed by atoms with van der Waals surface area (Å²) in [6, 6.07) is 25.9. The number of amides is 3. The summed E-state index contributed by atoms with van der Waals surface area (Å²) in [6.07, 6.45) is 7.70. The molecule has 336 valence electrons. The van der Waals surface area contributed by atoms with Crippen molar-refractivity contribution in [2.45, 2.75) is 102 Å². The maximum absolute atomic E-state index is 14.1. The highest BCUT2D eigenvalue weighted by Gasteiger charge is 2.37. The second-order valence-corrected chi connectivity index (χ2v) is 19.0. The van der Waals surface area contributed by atoms with Gasteiger partial charge in [-0.15, -0.1) is 0 Å². The van der Waals surface area contributed by atoms with Crippen LogP contribution < -0.4 is 30.3 Å². The number of benzene rings is 4. The molecule has 1 saturated carbocycles. The van der Waals surface area contributed by atoms with E-state index in [1.165, 1.54) is 31.2 Å². The van der Waals surface area contributed by atoms with Crippen LogP contribution in [0, 0.1) is 5.92 Å². The van der Waals surface area contributed by atoms with E-state index in [0.717, 1.165) is 71.6 Å². The highest BCUT2D eigenvalue weighted by atomic mass is 35.5. The van der Waals surface area contributed by atoms with E-state index >= 15 is 0 Å². The Morgan fingerprint density at radius 2 is 1.52 bits per heavy atom. The fraction of sp³-hybridized carbons (Fsp3) is 0.451. The average molecular weight is 888 g/mol. The molecule has 3 fully saturated rings. The number of rotatable bonds is 11. The van der Waals surface area contributed by atoms with Gasteiger partial charge >= 0.3 is 5.69 Å². The van der Waals surface area contributed by atoms with Crippen LogP contribution in [0.5, 0.6) is 11.5 Å². The van der Waals surface area contributed by atoms with Gasteiger partial charge in [-0.3, -0.25) is 28.8 Å². The third-order valence-electron chi connectivity index (χ3n) is 14.2. The van der Waals surface area contributed by atoms with Crippen LogP contribution in [0.2, 0.25) is 5.02 Å². The number of methoxy groups -OCH3 is 1. The number of aromatic nitrogens is 2. The molecule has 13 heteroatoms. The predicted molar refractivity (Wildman–Crippen MR) is 251 cm³/mol. The molecule has 0 spiro atoms. The number of carbonyl (C=O) groups is 3. The molecule has 4 heterocycles. The van der Waals surface area contributed by atoms with Crippen molar-refractivity contribution in [1.82, 2.24) is 19.4 Å². The molecule has 3 aliphatic heterocycles. The first-order chi connectivity index (χ1) is 30.9. The molecule has 4 aliphatic rings. The maximum atomic E-state index is 14.1. The number of carbonyl (C=O) groups excluding carboxylic acids is 3. The summed E-state index contributed by atoms with van der Waals surface area (Å²) in [7, 11) is 5.56. The molecule has 9 rings (SSSR count). The average Bonchev–Trinajstić information content (AvgIpc) is 3.54. The zero-order valence-electron chi connectivity index (χ0n) is 37.5.